The zero-order valence-corrected chi connectivity index (χ0v) is 15.7. The van der Waals surface area contributed by atoms with E-state index in [2.05, 4.69) is 6.92 Å². The smallest absolute Gasteiger partial charge is 0.243 e. The van der Waals surface area contributed by atoms with Gasteiger partial charge in [0.25, 0.3) is 0 Å². The predicted molar refractivity (Wildman–Crippen MR) is 95.2 cm³/mol. The van der Waals surface area contributed by atoms with E-state index in [1.54, 1.807) is 17.0 Å². The summed E-state index contributed by atoms with van der Waals surface area (Å²) < 4.78 is 27.0. The normalized spacial score (nSPS) is 16.6. The molecule has 134 valence electrons. The Balaban J connectivity index is 2.02. The Hall–Kier alpha value is -1.40. The van der Waals surface area contributed by atoms with Crippen LogP contribution in [0.5, 0.6) is 0 Å². The number of amides is 1. The van der Waals surface area contributed by atoms with Crippen LogP contribution in [0.4, 0.5) is 0 Å². The maximum Gasteiger partial charge on any atom is 0.243 e. The summed E-state index contributed by atoms with van der Waals surface area (Å²) in [6.45, 7) is 7.52. The van der Waals surface area contributed by atoms with Crippen LogP contribution in [-0.2, 0) is 21.2 Å². The minimum Gasteiger partial charge on any atom is -0.340 e. The van der Waals surface area contributed by atoms with Gasteiger partial charge in [0.2, 0.25) is 15.9 Å². The number of benzene rings is 1. The summed E-state index contributed by atoms with van der Waals surface area (Å²) in [5, 5.41) is 0. The average Bonchev–Trinajstić information content (AvgIpc) is 2.59. The lowest BCUT2D eigenvalue weighted by Crippen LogP contribution is -2.51. The van der Waals surface area contributed by atoms with Crippen LogP contribution < -0.4 is 0 Å². The van der Waals surface area contributed by atoms with E-state index in [4.69, 9.17) is 0 Å². The highest BCUT2D eigenvalue weighted by Gasteiger charge is 2.30. The number of nitrogens with zero attached hydrogens (tertiary/aromatic N) is 2. The van der Waals surface area contributed by atoms with Gasteiger partial charge in [0.05, 0.1) is 4.90 Å². The molecule has 6 heteroatoms. The van der Waals surface area contributed by atoms with Crippen molar-refractivity contribution in [2.45, 2.75) is 44.9 Å². The van der Waals surface area contributed by atoms with Crippen LogP contribution >= 0.6 is 0 Å². The second kappa shape index (κ2) is 8.12. The summed E-state index contributed by atoms with van der Waals surface area (Å²) in [6.07, 6.45) is 3.21. The molecule has 0 N–H and O–H groups in total. The van der Waals surface area contributed by atoms with E-state index in [1.165, 1.54) is 9.87 Å². The average molecular weight is 353 g/mol. The summed E-state index contributed by atoms with van der Waals surface area (Å²) in [5.41, 5.74) is 1.17. The Morgan fingerprint density at radius 1 is 1.08 bits per heavy atom. The fraction of sp³-hybridized carbons (Fsp3) is 0.611. The molecule has 1 aromatic carbocycles. The first-order chi connectivity index (χ1) is 11.4. The van der Waals surface area contributed by atoms with E-state index in [9.17, 15) is 13.2 Å². The van der Waals surface area contributed by atoms with Crippen molar-refractivity contribution in [3.63, 3.8) is 0 Å². The van der Waals surface area contributed by atoms with Gasteiger partial charge in [0.15, 0.2) is 0 Å². The number of sulfonamides is 1. The van der Waals surface area contributed by atoms with Crippen molar-refractivity contribution in [3.05, 3.63) is 29.8 Å². The highest BCUT2D eigenvalue weighted by molar-refractivity contribution is 7.89. The number of unbranched alkanes of at least 4 members (excludes halogenated alkanes) is 1. The standard InChI is InChI=1S/C18H28N2O3S/c1-4-5-6-16-7-9-17(10-8-16)24(22,23)20-13-11-19(12-14-20)18(21)15(2)3/h7-10,15H,4-6,11-14H2,1-3H3. The SMILES string of the molecule is CCCCc1ccc(S(=O)(=O)N2CCN(C(=O)C(C)C)CC2)cc1. The molecule has 0 radical (unpaired) electrons. The molecule has 1 aliphatic rings. The lowest BCUT2D eigenvalue weighted by molar-refractivity contribution is -0.135. The van der Waals surface area contributed by atoms with Crippen LogP contribution in [0.3, 0.4) is 0 Å². The third-order valence-electron chi connectivity index (χ3n) is 4.42. The van der Waals surface area contributed by atoms with Crippen molar-refractivity contribution in [3.8, 4) is 0 Å². The zero-order valence-electron chi connectivity index (χ0n) is 14.9. The summed E-state index contributed by atoms with van der Waals surface area (Å²) >= 11 is 0. The van der Waals surface area contributed by atoms with E-state index in [-0.39, 0.29) is 11.8 Å². The maximum absolute atomic E-state index is 12.7. The van der Waals surface area contributed by atoms with E-state index >= 15 is 0 Å². The molecular weight excluding hydrogens is 324 g/mol. The summed E-state index contributed by atoms with van der Waals surface area (Å²) in [4.78, 5) is 14.1. The summed E-state index contributed by atoms with van der Waals surface area (Å²) in [7, 11) is -3.47. The van der Waals surface area contributed by atoms with Crippen molar-refractivity contribution >= 4 is 15.9 Å². The Morgan fingerprint density at radius 2 is 1.67 bits per heavy atom. The van der Waals surface area contributed by atoms with Crippen molar-refractivity contribution in [1.82, 2.24) is 9.21 Å². The van der Waals surface area contributed by atoms with Gasteiger partial charge in [-0.3, -0.25) is 4.79 Å². The quantitative estimate of drug-likeness (QED) is 0.790. The minimum atomic E-state index is -3.47. The molecule has 1 heterocycles. The Bertz CT molecular complexity index is 645. The highest BCUT2D eigenvalue weighted by Crippen LogP contribution is 2.19. The summed E-state index contributed by atoms with van der Waals surface area (Å²) in [5.74, 6) is 0.0381. The second-order valence-corrected chi connectivity index (χ2v) is 8.57. The number of carbonyl (C=O) groups excluding carboxylic acids is 1. The van der Waals surface area contributed by atoms with E-state index in [0.717, 1.165) is 19.3 Å². The molecule has 1 saturated heterocycles. The van der Waals surface area contributed by atoms with Crippen molar-refractivity contribution in [2.24, 2.45) is 5.92 Å². The molecular formula is C18H28N2O3S. The fourth-order valence-corrected chi connectivity index (χ4v) is 4.29. The van der Waals surface area contributed by atoms with Gasteiger partial charge < -0.3 is 4.90 Å². The monoisotopic (exact) mass is 352 g/mol. The molecule has 0 atom stereocenters. The summed E-state index contributed by atoms with van der Waals surface area (Å²) in [6, 6.07) is 7.21. The van der Waals surface area contributed by atoms with Gasteiger partial charge in [-0.1, -0.05) is 39.3 Å². The molecule has 0 bridgehead atoms. The number of carbonyl (C=O) groups is 1. The largest absolute Gasteiger partial charge is 0.340 e. The van der Waals surface area contributed by atoms with Crippen LogP contribution in [0, 0.1) is 5.92 Å². The molecule has 5 nitrogen and oxygen atoms in total. The third kappa shape index (κ3) is 4.36. The zero-order chi connectivity index (χ0) is 17.7. The molecule has 0 aliphatic carbocycles. The van der Waals surface area contributed by atoms with E-state index < -0.39 is 10.0 Å². The first kappa shape index (κ1) is 18.9. The molecule has 0 aromatic heterocycles. The van der Waals surface area contributed by atoms with Gasteiger partial charge in [-0.05, 0) is 30.5 Å². The van der Waals surface area contributed by atoms with Crippen LogP contribution in [0.15, 0.2) is 29.2 Å². The molecule has 0 spiro atoms. The van der Waals surface area contributed by atoms with E-state index in [1.807, 2.05) is 26.0 Å². The number of rotatable bonds is 6. The lowest BCUT2D eigenvalue weighted by Gasteiger charge is -2.34. The van der Waals surface area contributed by atoms with Crippen LogP contribution in [0.25, 0.3) is 0 Å². The number of hydrogen-bond donors (Lipinski definition) is 0. The topological polar surface area (TPSA) is 57.7 Å². The Labute approximate surface area is 145 Å². The van der Waals surface area contributed by atoms with Gasteiger partial charge in [-0.15, -0.1) is 0 Å². The number of aryl methyl sites for hydroxylation is 1. The fourth-order valence-electron chi connectivity index (χ4n) is 2.87. The molecule has 24 heavy (non-hydrogen) atoms. The molecule has 1 aromatic rings. The van der Waals surface area contributed by atoms with Crippen LogP contribution in [-0.4, -0.2) is 49.7 Å². The molecule has 0 saturated carbocycles. The van der Waals surface area contributed by atoms with Crippen LogP contribution in [0.1, 0.15) is 39.2 Å². The number of piperazine rings is 1. The van der Waals surface area contributed by atoms with Gasteiger partial charge in [0, 0.05) is 32.1 Å². The minimum absolute atomic E-state index is 0.0520. The van der Waals surface area contributed by atoms with Gasteiger partial charge in [0.1, 0.15) is 0 Å². The number of hydrogen-bond acceptors (Lipinski definition) is 3. The molecule has 1 fully saturated rings. The third-order valence-corrected chi connectivity index (χ3v) is 6.34. The first-order valence-electron chi connectivity index (χ1n) is 8.74. The molecule has 0 unspecified atom stereocenters. The first-order valence-corrected chi connectivity index (χ1v) is 10.2. The van der Waals surface area contributed by atoms with E-state index in [0.29, 0.717) is 31.1 Å². The predicted octanol–water partition coefficient (Wildman–Crippen LogP) is 2.52. The highest BCUT2D eigenvalue weighted by atomic mass is 32.2. The Kier molecular flexibility index (Phi) is 6.40. The van der Waals surface area contributed by atoms with Crippen LogP contribution in [0.2, 0.25) is 0 Å². The van der Waals surface area contributed by atoms with Gasteiger partial charge >= 0.3 is 0 Å². The van der Waals surface area contributed by atoms with Crippen molar-refractivity contribution < 1.29 is 13.2 Å². The molecule has 1 aliphatic heterocycles. The molecule has 2 rings (SSSR count). The molecule has 1 amide bonds. The van der Waals surface area contributed by atoms with Gasteiger partial charge in [-0.2, -0.15) is 4.31 Å². The van der Waals surface area contributed by atoms with Crippen molar-refractivity contribution in [1.29, 1.82) is 0 Å². The Morgan fingerprint density at radius 3 is 2.17 bits per heavy atom. The van der Waals surface area contributed by atoms with Crippen molar-refractivity contribution in [2.75, 3.05) is 26.2 Å². The second-order valence-electron chi connectivity index (χ2n) is 6.63. The van der Waals surface area contributed by atoms with Gasteiger partial charge in [-0.25, -0.2) is 8.42 Å². The lowest BCUT2D eigenvalue weighted by atomic mass is 10.1. The maximum atomic E-state index is 12.7.